The predicted molar refractivity (Wildman–Crippen MR) is 66.6 cm³/mol. The lowest BCUT2D eigenvalue weighted by atomic mass is 10.2. The van der Waals surface area contributed by atoms with Gasteiger partial charge in [-0.3, -0.25) is 4.79 Å². The molecule has 1 aromatic rings. The number of carboxylic acid groups (broad SMARTS) is 1. The van der Waals surface area contributed by atoms with Gasteiger partial charge in [-0.1, -0.05) is 0 Å². The van der Waals surface area contributed by atoms with Gasteiger partial charge in [0.25, 0.3) is 0 Å². The number of aromatic carboxylic acids is 1. The molecule has 20 heavy (non-hydrogen) atoms. The van der Waals surface area contributed by atoms with E-state index in [-0.39, 0.29) is 11.3 Å². The van der Waals surface area contributed by atoms with Gasteiger partial charge in [0.2, 0.25) is 5.91 Å². The third-order valence-corrected chi connectivity index (χ3v) is 5.35. The van der Waals surface area contributed by atoms with Crippen LogP contribution in [0.4, 0.5) is 4.39 Å². The van der Waals surface area contributed by atoms with Crippen LogP contribution in [-0.4, -0.2) is 49.1 Å². The van der Waals surface area contributed by atoms with E-state index >= 15 is 0 Å². The van der Waals surface area contributed by atoms with Crippen molar-refractivity contribution in [2.75, 3.05) is 13.6 Å². The molecule has 108 valence electrons. The fourth-order valence-corrected chi connectivity index (χ4v) is 3.82. The van der Waals surface area contributed by atoms with Crippen LogP contribution in [0.3, 0.4) is 0 Å². The molecule has 1 saturated heterocycles. The Balaban J connectivity index is 2.48. The fraction of sp³-hybridized carbons (Fsp3) is 0.333. The van der Waals surface area contributed by atoms with E-state index in [2.05, 4.69) is 0 Å². The fourth-order valence-electron chi connectivity index (χ4n) is 2.09. The van der Waals surface area contributed by atoms with Crippen LogP contribution >= 0.6 is 0 Å². The maximum absolute atomic E-state index is 13.3. The maximum Gasteiger partial charge on any atom is 0.338 e. The quantitative estimate of drug-likeness (QED) is 0.822. The van der Waals surface area contributed by atoms with Crippen LogP contribution < -0.4 is 0 Å². The van der Waals surface area contributed by atoms with Crippen molar-refractivity contribution in [1.82, 2.24) is 4.90 Å². The second-order valence-electron chi connectivity index (χ2n) is 4.53. The largest absolute Gasteiger partial charge is 0.478 e. The first-order valence-corrected chi connectivity index (χ1v) is 7.31. The topological polar surface area (TPSA) is 91.8 Å². The van der Waals surface area contributed by atoms with Crippen LogP contribution in [0.1, 0.15) is 16.8 Å². The van der Waals surface area contributed by atoms with Crippen molar-refractivity contribution in [3.8, 4) is 0 Å². The van der Waals surface area contributed by atoms with Gasteiger partial charge in [0, 0.05) is 13.6 Å². The summed E-state index contributed by atoms with van der Waals surface area (Å²) in [7, 11) is -2.52. The summed E-state index contributed by atoms with van der Waals surface area (Å²) in [6.45, 7) is 0.315. The first-order chi connectivity index (χ1) is 9.25. The molecule has 0 spiro atoms. The van der Waals surface area contributed by atoms with Crippen LogP contribution in [0.25, 0.3) is 0 Å². The first kappa shape index (κ1) is 14.4. The molecule has 0 aromatic heterocycles. The van der Waals surface area contributed by atoms with Crippen molar-refractivity contribution < 1.29 is 27.5 Å². The molecular formula is C12H12FNO5S. The lowest BCUT2D eigenvalue weighted by Crippen LogP contribution is -2.31. The maximum atomic E-state index is 13.3. The monoisotopic (exact) mass is 301 g/mol. The highest BCUT2D eigenvalue weighted by Gasteiger charge is 2.40. The van der Waals surface area contributed by atoms with Gasteiger partial charge < -0.3 is 10.0 Å². The second-order valence-corrected chi connectivity index (χ2v) is 6.66. The molecule has 1 heterocycles. The minimum absolute atomic E-state index is 0.136. The number of hydrogen-bond donors (Lipinski definition) is 1. The van der Waals surface area contributed by atoms with Crippen LogP contribution in [0.15, 0.2) is 23.1 Å². The van der Waals surface area contributed by atoms with E-state index in [0.29, 0.717) is 6.54 Å². The van der Waals surface area contributed by atoms with E-state index in [1.54, 1.807) is 0 Å². The molecule has 0 radical (unpaired) electrons. The standard InChI is InChI=1S/C12H12FNO5S/c1-14-5-4-10(11(14)15)20(18,19)7-2-3-9(13)8(6-7)12(16)17/h2-3,6,10H,4-5H2,1H3,(H,16,17). The molecule has 1 aromatic carbocycles. The van der Waals surface area contributed by atoms with Gasteiger partial charge in [-0.05, 0) is 24.6 Å². The van der Waals surface area contributed by atoms with E-state index in [9.17, 15) is 22.4 Å². The number of rotatable bonds is 3. The summed E-state index contributed by atoms with van der Waals surface area (Å²) >= 11 is 0. The number of carbonyl (C=O) groups excluding carboxylic acids is 1. The smallest absolute Gasteiger partial charge is 0.338 e. The highest BCUT2D eigenvalue weighted by Crippen LogP contribution is 2.25. The Morgan fingerprint density at radius 2 is 2.10 bits per heavy atom. The number of halogens is 1. The molecule has 1 fully saturated rings. The van der Waals surface area contributed by atoms with Crippen molar-refractivity contribution in [1.29, 1.82) is 0 Å². The predicted octanol–water partition coefficient (Wildman–Crippen LogP) is 0.528. The van der Waals surface area contributed by atoms with Crippen LogP contribution in [0.5, 0.6) is 0 Å². The van der Waals surface area contributed by atoms with Gasteiger partial charge >= 0.3 is 5.97 Å². The van der Waals surface area contributed by atoms with Gasteiger partial charge in [0.1, 0.15) is 11.1 Å². The normalized spacial score (nSPS) is 19.4. The van der Waals surface area contributed by atoms with Crippen LogP contribution in [0.2, 0.25) is 0 Å². The van der Waals surface area contributed by atoms with Crippen molar-refractivity contribution in [2.24, 2.45) is 0 Å². The number of amides is 1. The zero-order valence-electron chi connectivity index (χ0n) is 10.5. The Hall–Kier alpha value is -1.96. The zero-order valence-corrected chi connectivity index (χ0v) is 11.4. The SMILES string of the molecule is CN1CCC(S(=O)(=O)c2ccc(F)c(C(=O)O)c2)C1=O. The Kier molecular flexibility index (Phi) is 3.51. The minimum atomic E-state index is -4.01. The average molecular weight is 301 g/mol. The van der Waals surface area contributed by atoms with Gasteiger partial charge in [-0.15, -0.1) is 0 Å². The molecule has 1 aliphatic heterocycles. The number of carboxylic acids is 1. The number of nitrogens with zero attached hydrogens (tertiary/aromatic N) is 1. The molecule has 1 unspecified atom stereocenters. The molecule has 1 amide bonds. The van der Waals surface area contributed by atoms with Crippen molar-refractivity contribution >= 4 is 21.7 Å². The number of carbonyl (C=O) groups is 2. The molecule has 0 bridgehead atoms. The van der Waals surface area contributed by atoms with Crippen LogP contribution in [-0.2, 0) is 14.6 Å². The van der Waals surface area contributed by atoms with Gasteiger partial charge in [0.05, 0.1) is 10.5 Å². The van der Waals surface area contributed by atoms with E-state index in [0.717, 1.165) is 18.2 Å². The first-order valence-electron chi connectivity index (χ1n) is 5.77. The number of likely N-dealkylation sites (tertiary alicyclic amines) is 1. The molecule has 8 heteroatoms. The Morgan fingerprint density at radius 1 is 1.45 bits per heavy atom. The second kappa shape index (κ2) is 4.86. The third kappa shape index (κ3) is 2.26. The Labute approximate surface area is 114 Å². The summed E-state index contributed by atoms with van der Waals surface area (Å²) in [4.78, 5) is 23.5. The summed E-state index contributed by atoms with van der Waals surface area (Å²) in [6.07, 6.45) is 0.136. The van der Waals surface area contributed by atoms with Gasteiger partial charge in [-0.25, -0.2) is 17.6 Å². The summed E-state index contributed by atoms with van der Waals surface area (Å²) in [6, 6.07) is 2.50. The molecular weight excluding hydrogens is 289 g/mol. The van der Waals surface area contributed by atoms with Gasteiger partial charge in [-0.2, -0.15) is 0 Å². The highest BCUT2D eigenvalue weighted by atomic mass is 32.2. The van der Waals surface area contributed by atoms with E-state index in [1.807, 2.05) is 0 Å². The zero-order chi connectivity index (χ0) is 15.1. The Bertz CT molecular complexity index is 685. The van der Waals surface area contributed by atoms with Crippen molar-refractivity contribution in [3.05, 3.63) is 29.6 Å². The van der Waals surface area contributed by atoms with E-state index < -0.39 is 38.3 Å². The Morgan fingerprint density at radius 3 is 2.60 bits per heavy atom. The molecule has 6 nitrogen and oxygen atoms in total. The molecule has 0 aliphatic carbocycles. The van der Waals surface area contributed by atoms with Gasteiger partial charge in [0.15, 0.2) is 9.84 Å². The summed E-state index contributed by atoms with van der Waals surface area (Å²) < 4.78 is 37.9. The minimum Gasteiger partial charge on any atom is -0.478 e. The molecule has 1 aliphatic rings. The van der Waals surface area contributed by atoms with Crippen molar-refractivity contribution in [3.63, 3.8) is 0 Å². The van der Waals surface area contributed by atoms with E-state index in [1.165, 1.54) is 11.9 Å². The van der Waals surface area contributed by atoms with E-state index in [4.69, 9.17) is 5.11 Å². The summed E-state index contributed by atoms with van der Waals surface area (Å²) in [5, 5.41) is 7.57. The summed E-state index contributed by atoms with van der Waals surface area (Å²) in [5.74, 6) is -3.12. The average Bonchev–Trinajstić information content (AvgIpc) is 2.70. The third-order valence-electron chi connectivity index (χ3n) is 3.25. The summed E-state index contributed by atoms with van der Waals surface area (Å²) in [5.41, 5.74) is -0.732. The number of benzene rings is 1. The molecule has 1 N–H and O–H groups in total. The lowest BCUT2D eigenvalue weighted by molar-refractivity contribution is -0.126. The molecule has 0 saturated carbocycles. The van der Waals surface area contributed by atoms with Crippen molar-refractivity contribution in [2.45, 2.75) is 16.6 Å². The lowest BCUT2D eigenvalue weighted by Gasteiger charge is -2.12. The van der Waals surface area contributed by atoms with Crippen LogP contribution in [0, 0.1) is 5.82 Å². The number of sulfone groups is 1. The number of hydrogen-bond acceptors (Lipinski definition) is 4. The molecule has 2 rings (SSSR count). The highest BCUT2D eigenvalue weighted by molar-refractivity contribution is 7.92. The molecule has 1 atom stereocenters.